The van der Waals surface area contributed by atoms with Gasteiger partial charge in [0.2, 0.25) is 11.8 Å². The first kappa shape index (κ1) is 18.5. The fraction of sp³-hybridized carbons (Fsp3) is 0.467. The molecule has 1 aromatic rings. The van der Waals surface area contributed by atoms with Crippen LogP contribution in [0.4, 0.5) is 17.6 Å². The molecule has 0 saturated carbocycles. The number of alkyl halides is 4. The van der Waals surface area contributed by atoms with Gasteiger partial charge in [0.1, 0.15) is 12.7 Å². The molecule has 9 heteroatoms. The lowest BCUT2D eigenvalue weighted by atomic mass is 10.1. The fourth-order valence-electron chi connectivity index (χ4n) is 2.61. The number of hydrogen-bond acceptors (Lipinski definition) is 2. The second-order valence-corrected chi connectivity index (χ2v) is 5.70. The van der Waals surface area contributed by atoms with E-state index in [1.54, 1.807) is 0 Å². The smallest absolute Gasteiger partial charge is 0.350 e. The molecule has 1 N–H and O–H groups in total. The van der Waals surface area contributed by atoms with E-state index in [-0.39, 0.29) is 37.4 Å². The van der Waals surface area contributed by atoms with E-state index in [4.69, 9.17) is 11.6 Å². The van der Waals surface area contributed by atoms with E-state index >= 15 is 0 Å². The number of carbonyl (C=O) groups excluding carboxylic acids is 2. The average molecular weight is 366 g/mol. The fourth-order valence-corrected chi connectivity index (χ4v) is 2.91. The molecule has 2 amide bonds. The maximum absolute atomic E-state index is 12.8. The third-order valence-corrected chi connectivity index (χ3v) is 4.24. The van der Waals surface area contributed by atoms with Gasteiger partial charge in [-0.05, 0) is 18.1 Å². The molecule has 0 aromatic heterocycles. The number of rotatable bonds is 5. The number of benzene rings is 1. The molecule has 24 heavy (non-hydrogen) atoms. The molecule has 1 fully saturated rings. The molecule has 1 aromatic carbocycles. The van der Waals surface area contributed by atoms with Crippen molar-refractivity contribution < 1.29 is 27.2 Å². The average Bonchev–Trinajstić information content (AvgIpc) is 2.86. The van der Waals surface area contributed by atoms with Crippen molar-refractivity contribution in [2.45, 2.75) is 31.6 Å². The Morgan fingerprint density at radius 2 is 2.08 bits per heavy atom. The summed E-state index contributed by atoms with van der Waals surface area (Å²) >= 11 is 5.75. The zero-order valence-corrected chi connectivity index (χ0v) is 13.3. The van der Waals surface area contributed by atoms with Crippen LogP contribution < -0.4 is 5.32 Å². The maximum atomic E-state index is 12.8. The van der Waals surface area contributed by atoms with Crippen molar-refractivity contribution in [1.29, 1.82) is 0 Å². The number of likely N-dealkylation sites (tertiary alicyclic amines) is 1. The Morgan fingerprint density at radius 3 is 2.71 bits per heavy atom. The van der Waals surface area contributed by atoms with Gasteiger partial charge >= 0.3 is 6.18 Å². The summed E-state index contributed by atoms with van der Waals surface area (Å²) in [5, 5.41) is 1.98. The molecule has 1 saturated heterocycles. The van der Waals surface area contributed by atoms with Crippen molar-refractivity contribution in [3.63, 3.8) is 0 Å². The largest absolute Gasteiger partial charge is 0.417 e. The van der Waals surface area contributed by atoms with E-state index in [1.807, 2.05) is 0 Å². The van der Waals surface area contributed by atoms with Crippen LogP contribution in [0.3, 0.4) is 0 Å². The van der Waals surface area contributed by atoms with Gasteiger partial charge in [-0.1, -0.05) is 23.7 Å². The minimum atomic E-state index is -4.59. The van der Waals surface area contributed by atoms with E-state index in [2.05, 4.69) is 5.32 Å². The number of halogens is 5. The summed E-state index contributed by atoms with van der Waals surface area (Å²) in [7, 11) is 0. The Bertz CT molecular complexity index is 636. The molecule has 1 atom stereocenters. The second kappa shape index (κ2) is 7.38. The summed E-state index contributed by atoms with van der Waals surface area (Å²) in [5.74, 6) is -0.854. The van der Waals surface area contributed by atoms with Crippen LogP contribution in [0.5, 0.6) is 0 Å². The van der Waals surface area contributed by atoms with Crippen LogP contribution in [0.15, 0.2) is 18.2 Å². The molecule has 0 radical (unpaired) electrons. The maximum Gasteiger partial charge on any atom is 0.417 e. The standard InChI is InChI=1S/C15H15ClF4N2O2/c16-13-9(2-1-3-10(13)15(18,19)20)8-21-14(24)11-4-5-12(23)22(11)7-6-17/h1-3,11H,4-8H2,(H,21,24)/t11-/m0/s1/i17-1. The van der Waals surface area contributed by atoms with Gasteiger partial charge in [-0.3, -0.25) is 9.59 Å². The zero-order chi connectivity index (χ0) is 17.9. The molecule has 0 aliphatic carbocycles. The first-order valence-corrected chi connectivity index (χ1v) is 7.61. The van der Waals surface area contributed by atoms with Gasteiger partial charge in [0.25, 0.3) is 0 Å². The highest BCUT2D eigenvalue weighted by atomic mass is 35.5. The number of nitrogens with zero attached hydrogens (tertiary/aromatic N) is 1. The molecule has 132 valence electrons. The highest BCUT2D eigenvalue weighted by molar-refractivity contribution is 6.32. The Hall–Kier alpha value is -1.83. The Kier molecular flexibility index (Phi) is 5.69. The summed E-state index contributed by atoms with van der Waals surface area (Å²) in [6, 6.07) is 2.62. The Balaban J connectivity index is 2.06. The van der Waals surface area contributed by atoms with Gasteiger partial charge in [-0.2, -0.15) is 13.2 Å². The van der Waals surface area contributed by atoms with Crippen LogP contribution >= 0.6 is 11.6 Å². The zero-order valence-electron chi connectivity index (χ0n) is 12.5. The van der Waals surface area contributed by atoms with Gasteiger partial charge in [0.15, 0.2) is 0 Å². The first-order chi connectivity index (χ1) is 11.3. The molecule has 4 nitrogen and oxygen atoms in total. The van der Waals surface area contributed by atoms with E-state index in [1.165, 1.54) is 12.1 Å². The van der Waals surface area contributed by atoms with Gasteiger partial charge in [-0.25, -0.2) is 4.39 Å². The monoisotopic (exact) mass is 365 g/mol. The van der Waals surface area contributed by atoms with Crippen molar-refractivity contribution in [2.24, 2.45) is 0 Å². The summed E-state index contributed by atoms with van der Waals surface area (Å²) in [6.07, 6.45) is -4.20. The molecule has 0 bridgehead atoms. The third-order valence-electron chi connectivity index (χ3n) is 3.79. The van der Waals surface area contributed by atoms with Crippen molar-refractivity contribution in [2.75, 3.05) is 13.2 Å². The van der Waals surface area contributed by atoms with Crippen LogP contribution in [0.25, 0.3) is 0 Å². The topological polar surface area (TPSA) is 49.4 Å². The van der Waals surface area contributed by atoms with Gasteiger partial charge in [-0.15, -0.1) is 0 Å². The quantitative estimate of drug-likeness (QED) is 0.816. The molecular formula is C15H15ClF4N2O2. The van der Waals surface area contributed by atoms with E-state index in [9.17, 15) is 27.2 Å². The Labute approximate surface area is 140 Å². The summed E-state index contributed by atoms with van der Waals surface area (Å²) in [4.78, 5) is 24.9. The van der Waals surface area contributed by atoms with Crippen LogP contribution in [-0.2, 0) is 22.3 Å². The number of amides is 2. The van der Waals surface area contributed by atoms with Gasteiger partial charge in [0.05, 0.1) is 10.6 Å². The lowest BCUT2D eigenvalue weighted by Crippen LogP contribution is -2.45. The molecule has 0 unspecified atom stereocenters. The van der Waals surface area contributed by atoms with Gasteiger partial charge < -0.3 is 10.2 Å². The molecule has 1 aliphatic heterocycles. The minimum absolute atomic E-state index is 0.112. The van der Waals surface area contributed by atoms with Crippen LogP contribution in [0.1, 0.15) is 24.0 Å². The van der Waals surface area contributed by atoms with Crippen molar-refractivity contribution in [1.82, 2.24) is 10.2 Å². The van der Waals surface area contributed by atoms with E-state index in [0.29, 0.717) is 0 Å². The molecule has 2 rings (SSSR count). The normalized spacial score (nSPS) is 18.1. The highest BCUT2D eigenvalue weighted by Crippen LogP contribution is 2.36. The van der Waals surface area contributed by atoms with Crippen molar-refractivity contribution >= 4 is 23.4 Å². The summed E-state index contributed by atoms with van der Waals surface area (Å²) in [5.41, 5.74) is -0.868. The van der Waals surface area contributed by atoms with E-state index in [0.717, 1.165) is 11.0 Å². The van der Waals surface area contributed by atoms with Crippen LogP contribution in [0.2, 0.25) is 5.02 Å². The third kappa shape index (κ3) is 3.98. The molecule has 1 aliphatic rings. The molecule has 0 spiro atoms. The predicted molar refractivity (Wildman–Crippen MR) is 79.0 cm³/mol. The molecule has 1 heterocycles. The lowest BCUT2D eigenvalue weighted by molar-refractivity contribution is -0.137. The van der Waals surface area contributed by atoms with Gasteiger partial charge in [0, 0.05) is 19.5 Å². The predicted octanol–water partition coefficient (Wildman–Crippen LogP) is 2.94. The summed E-state index contributed by atoms with van der Waals surface area (Å²) < 4.78 is 50.9. The highest BCUT2D eigenvalue weighted by Gasteiger charge is 2.36. The number of carbonyl (C=O) groups is 2. The molecular weight excluding hydrogens is 351 g/mol. The lowest BCUT2D eigenvalue weighted by Gasteiger charge is -2.23. The Morgan fingerprint density at radius 1 is 1.38 bits per heavy atom. The second-order valence-electron chi connectivity index (χ2n) is 5.32. The minimum Gasteiger partial charge on any atom is -0.350 e. The first-order valence-electron chi connectivity index (χ1n) is 7.23. The van der Waals surface area contributed by atoms with Crippen LogP contribution in [-0.4, -0.2) is 36.0 Å². The number of hydrogen-bond donors (Lipinski definition) is 1. The van der Waals surface area contributed by atoms with Crippen LogP contribution in [0, 0.1) is 0 Å². The summed E-state index contributed by atoms with van der Waals surface area (Å²) in [6.45, 7) is -1.16. The van der Waals surface area contributed by atoms with Crippen molar-refractivity contribution in [3.05, 3.63) is 34.3 Å². The van der Waals surface area contributed by atoms with Crippen molar-refractivity contribution in [3.8, 4) is 0 Å². The SMILES string of the molecule is O=C(NCc1cccc(C(F)(F)F)c1Cl)[C@@H]1CCC(=O)N1CC[18F]. The number of nitrogens with one attached hydrogen (secondary N) is 1. The van der Waals surface area contributed by atoms with E-state index < -0.39 is 35.4 Å².